The van der Waals surface area contributed by atoms with Crippen molar-refractivity contribution in [2.45, 2.75) is 0 Å². The van der Waals surface area contributed by atoms with Gasteiger partial charge in [0.25, 0.3) is 5.91 Å². The van der Waals surface area contributed by atoms with Crippen molar-refractivity contribution in [3.63, 3.8) is 0 Å². The van der Waals surface area contributed by atoms with Crippen LogP contribution in [0.1, 0.15) is 10.5 Å². The second-order valence-electron chi connectivity index (χ2n) is 3.37. The van der Waals surface area contributed by atoms with Gasteiger partial charge in [-0.2, -0.15) is 0 Å². The number of hydrogen-bond acceptors (Lipinski definition) is 5. The van der Waals surface area contributed by atoms with Gasteiger partial charge in [0.05, 0.1) is 12.1 Å². The van der Waals surface area contributed by atoms with E-state index in [1.165, 1.54) is 18.4 Å². The number of ether oxygens (including phenoxy) is 1. The van der Waals surface area contributed by atoms with Gasteiger partial charge in [0.2, 0.25) is 0 Å². The molecule has 0 saturated carbocycles. The quantitative estimate of drug-likeness (QED) is 0.908. The lowest BCUT2D eigenvalue weighted by Crippen LogP contribution is -2.12. The largest absolute Gasteiger partial charge is 0.495 e. The Morgan fingerprint density at radius 2 is 2.33 bits per heavy atom. The minimum Gasteiger partial charge on any atom is -0.495 e. The van der Waals surface area contributed by atoms with Crippen molar-refractivity contribution in [3.8, 4) is 5.75 Å². The molecule has 0 spiro atoms. The Hall–Kier alpha value is -1.79. The Labute approximate surface area is 113 Å². The number of rotatable bonds is 3. The SMILES string of the molecule is COc1ccc(NC(=O)c2csc(N)n2)cc1Cl. The maximum atomic E-state index is 11.8. The molecule has 0 radical (unpaired) electrons. The number of thiazole rings is 1. The maximum absolute atomic E-state index is 11.8. The Morgan fingerprint density at radius 1 is 1.56 bits per heavy atom. The average molecular weight is 284 g/mol. The summed E-state index contributed by atoms with van der Waals surface area (Å²) in [6, 6.07) is 4.97. The summed E-state index contributed by atoms with van der Waals surface area (Å²) in [5, 5.41) is 5.05. The van der Waals surface area contributed by atoms with Gasteiger partial charge in [-0.3, -0.25) is 4.79 Å². The second-order valence-corrected chi connectivity index (χ2v) is 4.67. The van der Waals surface area contributed by atoms with Gasteiger partial charge >= 0.3 is 0 Å². The number of nitrogens with zero attached hydrogens (tertiary/aromatic N) is 1. The van der Waals surface area contributed by atoms with Crippen LogP contribution in [0.3, 0.4) is 0 Å². The van der Waals surface area contributed by atoms with Gasteiger partial charge in [0.15, 0.2) is 5.13 Å². The molecule has 0 bridgehead atoms. The van der Waals surface area contributed by atoms with Crippen molar-refractivity contribution in [2.75, 3.05) is 18.2 Å². The number of amides is 1. The third kappa shape index (κ3) is 2.72. The molecule has 18 heavy (non-hydrogen) atoms. The van der Waals surface area contributed by atoms with Gasteiger partial charge in [-0.15, -0.1) is 11.3 Å². The first-order valence-electron chi connectivity index (χ1n) is 4.96. The molecule has 0 aliphatic heterocycles. The fraction of sp³-hybridized carbons (Fsp3) is 0.0909. The predicted octanol–water partition coefficient (Wildman–Crippen LogP) is 2.64. The van der Waals surface area contributed by atoms with Gasteiger partial charge < -0.3 is 15.8 Å². The molecule has 0 unspecified atom stereocenters. The molecular formula is C11H10ClN3O2S. The number of carbonyl (C=O) groups excluding carboxylic acids is 1. The highest BCUT2D eigenvalue weighted by molar-refractivity contribution is 7.13. The summed E-state index contributed by atoms with van der Waals surface area (Å²) < 4.78 is 5.02. The van der Waals surface area contributed by atoms with Crippen LogP contribution in [-0.2, 0) is 0 Å². The number of nitrogens with two attached hydrogens (primary N) is 1. The number of hydrogen-bond donors (Lipinski definition) is 2. The molecule has 0 aliphatic rings. The molecule has 1 amide bonds. The van der Waals surface area contributed by atoms with Crippen molar-refractivity contribution in [2.24, 2.45) is 0 Å². The van der Waals surface area contributed by atoms with Gasteiger partial charge in [-0.1, -0.05) is 11.6 Å². The van der Waals surface area contributed by atoms with Crippen LogP contribution in [0.5, 0.6) is 5.75 Å². The zero-order valence-corrected chi connectivity index (χ0v) is 11.0. The Kier molecular flexibility index (Phi) is 3.69. The number of anilines is 2. The number of methoxy groups -OCH3 is 1. The highest BCUT2D eigenvalue weighted by Gasteiger charge is 2.10. The lowest BCUT2D eigenvalue weighted by molar-refractivity contribution is 0.102. The van der Waals surface area contributed by atoms with E-state index >= 15 is 0 Å². The first-order chi connectivity index (χ1) is 8.60. The number of nitrogens with one attached hydrogen (secondary N) is 1. The molecule has 1 heterocycles. The Morgan fingerprint density at radius 3 is 2.89 bits per heavy atom. The minimum atomic E-state index is -0.329. The average Bonchev–Trinajstić information content (AvgIpc) is 2.76. The van der Waals surface area contributed by atoms with Crippen molar-refractivity contribution in [1.82, 2.24) is 4.98 Å². The van der Waals surface area contributed by atoms with E-state index in [2.05, 4.69) is 10.3 Å². The van der Waals surface area contributed by atoms with Crippen molar-refractivity contribution < 1.29 is 9.53 Å². The van der Waals surface area contributed by atoms with Gasteiger partial charge in [-0.05, 0) is 18.2 Å². The molecule has 1 aromatic carbocycles. The number of carbonyl (C=O) groups is 1. The van der Waals surface area contributed by atoms with E-state index in [-0.39, 0.29) is 11.6 Å². The second kappa shape index (κ2) is 5.24. The number of benzene rings is 1. The van der Waals surface area contributed by atoms with E-state index in [9.17, 15) is 4.79 Å². The fourth-order valence-electron chi connectivity index (χ4n) is 1.33. The summed E-state index contributed by atoms with van der Waals surface area (Å²) in [6.45, 7) is 0. The highest BCUT2D eigenvalue weighted by Crippen LogP contribution is 2.27. The summed E-state index contributed by atoms with van der Waals surface area (Å²) in [5.74, 6) is 0.219. The number of halogens is 1. The molecule has 3 N–H and O–H groups in total. The van der Waals surface area contributed by atoms with E-state index in [4.69, 9.17) is 22.1 Å². The zero-order valence-electron chi connectivity index (χ0n) is 9.44. The summed E-state index contributed by atoms with van der Waals surface area (Å²) in [5.41, 5.74) is 6.31. The van der Waals surface area contributed by atoms with Crippen molar-refractivity contribution in [1.29, 1.82) is 0 Å². The van der Waals surface area contributed by atoms with E-state index in [0.29, 0.717) is 21.6 Å². The van der Waals surface area contributed by atoms with Crippen LogP contribution in [0.4, 0.5) is 10.8 Å². The lowest BCUT2D eigenvalue weighted by Gasteiger charge is -2.06. The van der Waals surface area contributed by atoms with E-state index in [0.717, 1.165) is 0 Å². The van der Waals surface area contributed by atoms with Gasteiger partial charge in [-0.25, -0.2) is 4.98 Å². The van der Waals surface area contributed by atoms with Crippen LogP contribution in [0.25, 0.3) is 0 Å². The summed E-state index contributed by atoms with van der Waals surface area (Å²) in [7, 11) is 1.53. The number of aromatic nitrogens is 1. The topological polar surface area (TPSA) is 77.2 Å². The van der Waals surface area contributed by atoms with Crippen LogP contribution in [0.2, 0.25) is 5.02 Å². The molecule has 0 fully saturated rings. The van der Waals surface area contributed by atoms with Crippen LogP contribution < -0.4 is 15.8 Å². The van der Waals surface area contributed by atoms with Crippen LogP contribution in [0.15, 0.2) is 23.6 Å². The van der Waals surface area contributed by atoms with E-state index in [1.807, 2.05) is 0 Å². The van der Waals surface area contributed by atoms with E-state index < -0.39 is 0 Å². The molecule has 7 heteroatoms. The first kappa shape index (κ1) is 12.7. The molecular weight excluding hydrogens is 274 g/mol. The summed E-state index contributed by atoms with van der Waals surface area (Å²) in [6.07, 6.45) is 0. The molecule has 2 rings (SSSR count). The monoisotopic (exact) mass is 283 g/mol. The summed E-state index contributed by atoms with van der Waals surface area (Å²) in [4.78, 5) is 15.7. The van der Waals surface area contributed by atoms with Crippen LogP contribution in [0, 0.1) is 0 Å². The van der Waals surface area contributed by atoms with E-state index in [1.54, 1.807) is 23.6 Å². The zero-order chi connectivity index (χ0) is 13.1. The van der Waals surface area contributed by atoms with Crippen LogP contribution in [-0.4, -0.2) is 18.0 Å². The molecule has 0 aliphatic carbocycles. The Balaban J connectivity index is 2.14. The molecule has 1 aromatic heterocycles. The highest BCUT2D eigenvalue weighted by atomic mass is 35.5. The van der Waals surface area contributed by atoms with Crippen LogP contribution >= 0.6 is 22.9 Å². The number of nitrogen functional groups attached to an aromatic ring is 1. The maximum Gasteiger partial charge on any atom is 0.275 e. The lowest BCUT2D eigenvalue weighted by atomic mass is 10.3. The molecule has 0 saturated heterocycles. The van der Waals surface area contributed by atoms with Gasteiger partial charge in [0.1, 0.15) is 11.4 Å². The van der Waals surface area contributed by atoms with Crippen molar-refractivity contribution >= 4 is 39.7 Å². The summed E-state index contributed by atoms with van der Waals surface area (Å²) >= 11 is 7.17. The molecule has 94 valence electrons. The smallest absolute Gasteiger partial charge is 0.275 e. The Bertz CT molecular complexity index is 585. The standard InChI is InChI=1S/C11H10ClN3O2S/c1-17-9-3-2-6(4-7(9)12)14-10(16)8-5-18-11(13)15-8/h2-5H,1H3,(H2,13,15)(H,14,16). The van der Waals surface area contributed by atoms with Gasteiger partial charge in [0, 0.05) is 11.1 Å². The minimum absolute atomic E-state index is 0.282. The van der Waals surface area contributed by atoms with Crippen molar-refractivity contribution in [3.05, 3.63) is 34.3 Å². The molecule has 2 aromatic rings. The first-order valence-corrected chi connectivity index (χ1v) is 6.22. The molecule has 5 nitrogen and oxygen atoms in total. The normalized spacial score (nSPS) is 10.1. The third-order valence-corrected chi connectivity index (χ3v) is 3.13. The predicted molar refractivity (Wildman–Crippen MR) is 72.5 cm³/mol. The third-order valence-electron chi connectivity index (χ3n) is 2.16. The fourth-order valence-corrected chi connectivity index (χ4v) is 2.13. The molecule has 0 atom stereocenters.